The monoisotopic (exact) mass is 436 g/mol. The van der Waals surface area contributed by atoms with Crippen LogP contribution < -0.4 is 4.72 Å². The standard InChI is InChI=1S/C22H23F3N2O2S/c1-3-12(2)30(28,29)27-17-8-14(9-17)20-18-10-16(24)11-19(25)22(18)26-21(20)13-4-6-15(23)7-5-13/h4-7,10-12,14,17,26-27H,3,8-9H2,1-2H3/t12?,14-,17-. The van der Waals surface area contributed by atoms with Gasteiger partial charge in [0, 0.05) is 17.5 Å². The molecule has 0 amide bonds. The van der Waals surface area contributed by atoms with Gasteiger partial charge in [-0.3, -0.25) is 0 Å². The van der Waals surface area contributed by atoms with Crippen molar-refractivity contribution in [2.75, 3.05) is 0 Å². The van der Waals surface area contributed by atoms with Crippen molar-refractivity contribution in [3.8, 4) is 11.3 Å². The van der Waals surface area contributed by atoms with Crippen LogP contribution in [0.2, 0.25) is 0 Å². The van der Waals surface area contributed by atoms with Crippen LogP contribution in [0.15, 0.2) is 36.4 Å². The highest BCUT2D eigenvalue weighted by Crippen LogP contribution is 2.46. The Balaban J connectivity index is 1.70. The van der Waals surface area contributed by atoms with Gasteiger partial charge in [0.15, 0.2) is 0 Å². The van der Waals surface area contributed by atoms with E-state index in [9.17, 15) is 21.6 Å². The van der Waals surface area contributed by atoms with Gasteiger partial charge >= 0.3 is 0 Å². The van der Waals surface area contributed by atoms with Crippen LogP contribution in [0.1, 0.15) is 44.6 Å². The summed E-state index contributed by atoms with van der Waals surface area (Å²) in [6.07, 6.45) is 1.56. The van der Waals surface area contributed by atoms with Gasteiger partial charge in [-0.05, 0) is 73.6 Å². The van der Waals surface area contributed by atoms with Crippen molar-refractivity contribution < 1.29 is 21.6 Å². The van der Waals surface area contributed by atoms with Gasteiger partial charge in [-0.1, -0.05) is 6.92 Å². The summed E-state index contributed by atoms with van der Waals surface area (Å²) in [5, 5.41) is -0.0531. The minimum atomic E-state index is -3.41. The van der Waals surface area contributed by atoms with Gasteiger partial charge < -0.3 is 4.98 Å². The molecular formula is C22H23F3N2O2S. The molecule has 1 heterocycles. The van der Waals surface area contributed by atoms with Crippen molar-refractivity contribution in [1.29, 1.82) is 0 Å². The van der Waals surface area contributed by atoms with Crippen LogP contribution in [-0.4, -0.2) is 24.7 Å². The summed E-state index contributed by atoms with van der Waals surface area (Å²) in [5.41, 5.74) is 2.18. The molecule has 1 atom stereocenters. The lowest BCUT2D eigenvalue weighted by atomic mass is 9.74. The fraction of sp³-hybridized carbons (Fsp3) is 0.364. The maximum atomic E-state index is 14.4. The number of fused-ring (bicyclic) bond motifs is 1. The second-order valence-electron chi connectivity index (χ2n) is 7.98. The highest BCUT2D eigenvalue weighted by atomic mass is 32.2. The van der Waals surface area contributed by atoms with Crippen LogP contribution in [0.25, 0.3) is 22.2 Å². The van der Waals surface area contributed by atoms with Gasteiger partial charge in [0.05, 0.1) is 16.5 Å². The molecule has 2 aromatic carbocycles. The number of hydrogen-bond donors (Lipinski definition) is 2. The summed E-state index contributed by atoms with van der Waals surface area (Å²) >= 11 is 0. The number of sulfonamides is 1. The molecule has 1 saturated carbocycles. The summed E-state index contributed by atoms with van der Waals surface area (Å²) in [6, 6.07) is 7.67. The zero-order valence-corrected chi connectivity index (χ0v) is 17.5. The van der Waals surface area contributed by atoms with Gasteiger partial charge in [-0.25, -0.2) is 26.3 Å². The molecule has 30 heavy (non-hydrogen) atoms. The molecule has 0 bridgehead atoms. The first-order valence-electron chi connectivity index (χ1n) is 9.97. The maximum Gasteiger partial charge on any atom is 0.214 e. The van der Waals surface area contributed by atoms with E-state index in [0.717, 1.165) is 11.6 Å². The van der Waals surface area contributed by atoms with E-state index in [1.807, 2.05) is 6.92 Å². The summed E-state index contributed by atoms with van der Waals surface area (Å²) < 4.78 is 69.1. The van der Waals surface area contributed by atoms with E-state index >= 15 is 0 Å². The molecule has 0 saturated heterocycles. The van der Waals surface area contributed by atoms with Crippen molar-refractivity contribution in [1.82, 2.24) is 9.71 Å². The molecule has 4 rings (SSSR count). The molecule has 2 N–H and O–H groups in total. The van der Waals surface area contributed by atoms with Crippen LogP contribution in [0, 0.1) is 17.5 Å². The van der Waals surface area contributed by atoms with E-state index in [-0.39, 0.29) is 17.5 Å². The third-order valence-electron chi connectivity index (χ3n) is 5.98. The first kappa shape index (κ1) is 20.9. The minimum absolute atomic E-state index is 0.0790. The predicted octanol–water partition coefficient (Wildman–Crippen LogP) is 5.22. The van der Waals surface area contributed by atoms with E-state index in [0.29, 0.717) is 35.9 Å². The van der Waals surface area contributed by atoms with Crippen LogP contribution in [0.4, 0.5) is 13.2 Å². The third kappa shape index (κ3) is 3.74. The molecule has 0 aliphatic heterocycles. The topological polar surface area (TPSA) is 62.0 Å². The molecule has 1 fully saturated rings. The Bertz CT molecular complexity index is 1180. The average molecular weight is 436 g/mol. The Morgan fingerprint density at radius 3 is 2.40 bits per heavy atom. The minimum Gasteiger partial charge on any atom is -0.352 e. The summed E-state index contributed by atoms with van der Waals surface area (Å²) in [4.78, 5) is 3.03. The maximum absolute atomic E-state index is 14.4. The molecule has 160 valence electrons. The fourth-order valence-corrected chi connectivity index (χ4v) is 5.35. The molecule has 0 spiro atoms. The smallest absolute Gasteiger partial charge is 0.214 e. The number of hydrogen-bond acceptors (Lipinski definition) is 2. The second-order valence-corrected chi connectivity index (χ2v) is 10.1. The highest BCUT2D eigenvalue weighted by Gasteiger charge is 2.37. The summed E-state index contributed by atoms with van der Waals surface area (Å²) in [5.74, 6) is -1.85. The summed E-state index contributed by atoms with van der Waals surface area (Å²) in [7, 11) is -3.41. The molecular weight excluding hydrogens is 413 g/mol. The number of aromatic amines is 1. The Labute approximate surface area is 173 Å². The number of benzene rings is 2. The molecule has 1 aliphatic carbocycles. The van der Waals surface area contributed by atoms with Crippen LogP contribution in [0.3, 0.4) is 0 Å². The third-order valence-corrected chi connectivity index (χ3v) is 8.03. The van der Waals surface area contributed by atoms with E-state index in [1.165, 1.54) is 18.2 Å². The van der Waals surface area contributed by atoms with E-state index in [1.54, 1.807) is 19.1 Å². The van der Waals surface area contributed by atoms with Crippen LogP contribution in [-0.2, 0) is 10.0 Å². The first-order valence-corrected chi connectivity index (χ1v) is 11.5. The van der Waals surface area contributed by atoms with E-state index in [2.05, 4.69) is 9.71 Å². The average Bonchev–Trinajstić information content (AvgIpc) is 3.03. The van der Waals surface area contributed by atoms with Gasteiger partial charge in [0.2, 0.25) is 10.0 Å². The molecule has 4 nitrogen and oxygen atoms in total. The summed E-state index contributed by atoms with van der Waals surface area (Å²) in [6.45, 7) is 3.48. The van der Waals surface area contributed by atoms with Gasteiger partial charge in [0.25, 0.3) is 0 Å². The number of rotatable bonds is 6. The van der Waals surface area contributed by atoms with Crippen LogP contribution >= 0.6 is 0 Å². The van der Waals surface area contributed by atoms with Gasteiger partial charge in [-0.2, -0.15) is 0 Å². The van der Waals surface area contributed by atoms with E-state index in [4.69, 9.17) is 0 Å². The lowest BCUT2D eigenvalue weighted by molar-refractivity contribution is 0.327. The van der Waals surface area contributed by atoms with Crippen molar-refractivity contribution in [3.05, 3.63) is 59.4 Å². The van der Waals surface area contributed by atoms with Gasteiger partial charge in [0.1, 0.15) is 17.5 Å². The second kappa shape index (κ2) is 7.74. The van der Waals surface area contributed by atoms with Gasteiger partial charge in [-0.15, -0.1) is 0 Å². The van der Waals surface area contributed by atoms with Crippen molar-refractivity contribution in [3.63, 3.8) is 0 Å². The number of halogens is 3. The van der Waals surface area contributed by atoms with Crippen molar-refractivity contribution >= 4 is 20.9 Å². The Morgan fingerprint density at radius 2 is 1.77 bits per heavy atom. The zero-order valence-electron chi connectivity index (χ0n) is 16.7. The largest absolute Gasteiger partial charge is 0.352 e. The highest BCUT2D eigenvalue weighted by molar-refractivity contribution is 7.90. The number of nitrogens with one attached hydrogen (secondary N) is 2. The Hall–Kier alpha value is -2.32. The molecule has 8 heteroatoms. The fourth-order valence-electron chi connectivity index (χ4n) is 4.03. The van der Waals surface area contributed by atoms with E-state index < -0.39 is 32.7 Å². The molecule has 1 unspecified atom stereocenters. The first-order chi connectivity index (χ1) is 14.2. The SMILES string of the molecule is CCC(C)S(=O)(=O)N[C@H]1C[C@H](c2c(-c3ccc(F)cc3)[nH]c3c(F)cc(F)cc32)C1. The number of aromatic nitrogens is 1. The molecule has 1 aromatic heterocycles. The normalized spacial score (nSPS) is 20.3. The van der Waals surface area contributed by atoms with Crippen LogP contribution in [0.5, 0.6) is 0 Å². The predicted molar refractivity (Wildman–Crippen MR) is 111 cm³/mol. The molecule has 1 aliphatic rings. The molecule has 3 aromatic rings. The van der Waals surface area contributed by atoms with Crippen molar-refractivity contribution in [2.24, 2.45) is 0 Å². The molecule has 0 radical (unpaired) electrons. The quantitative estimate of drug-likeness (QED) is 0.557. The lowest BCUT2D eigenvalue weighted by Gasteiger charge is -2.37. The van der Waals surface area contributed by atoms with Crippen molar-refractivity contribution in [2.45, 2.75) is 50.3 Å². The Kier molecular flexibility index (Phi) is 5.40. The lowest BCUT2D eigenvalue weighted by Crippen LogP contribution is -2.46. The zero-order chi connectivity index (χ0) is 21.6. The Morgan fingerprint density at radius 1 is 1.10 bits per heavy atom. The number of H-pyrrole nitrogens is 1.